The number of halogens is 1. The predicted molar refractivity (Wildman–Crippen MR) is 65.2 cm³/mol. The maximum absolute atomic E-state index is 11.4. The molecule has 0 unspecified atom stereocenters. The van der Waals surface area contributed by atoms with E-state index >= 15 is 0 Å². The Hall–Kier alpha value is -0.280. The van der Waals surface area contributed by atoms with Gasteiger partial charge in [-0.15, -0.1) is 12.4 Å². The highest BCUT2D eigenvalue weighted by Crippen LogP contribution is 2.20. The Labute approximate surface area is 98.8 Å². The molecule has 0 bridgehead atoms. The van der Waals surface area contributed by atoms with Gasteiger partial charge in [-0.3, -0.25) is 4.79 Å². The molecule has 4 heteroatoms. The van der Waals surface area contributed by atoms with Crippen LogP contribution in [0.3, 0.4) is 0 Å². The Morgan fingerprint density at radius 1 is 1.20 bits per heavy atom. The number of amides is 1. The van der Waals surface area contributed by atoms with E-state index in [1.807, 2.05) is 11.9 Å². The summed E-state index contributed by atoms with van der Waals surface area (Å²) >= 11 is 0. The number of nitrogens with two attached hydrogens (primary N) is 1. The van der Waals surface area contributed by atoms with E-state index in [0.717, 1.165) is 12.8 Å². The van der Waals surface area contributed by atoms with Crippen molar-refractivity contribution in [3.63, 3.8) is 0 Å². The fourth-order valence-electron chi connectivity index (χ4n) is 2.17. The van der Waals surface area contributed by atoms with Gasteiger partial charge in [0.15, 0.2) is 0 Å². The predicted octanol–water partition coefficient (Wildman–Crippen LogP) is 1.94. The van der Waals surface area contributed by atoms with E-state index in [4.69, 9.17) is 5.73 Å². The van der Waals surface area contributed by atoms with Gasteiger partial charge < -0.3 is 10.6 Å². The maximum Gasteiger partial charge on any atom is 0.236 e. The molecule has 0 aromatic rings. The third-order valence-electron chi connectivity index (χ3n) is 3.19. The lowest BCUT2D eigenvalue weighted by molar-refractivity contribution is -0.130. The number of carbonyl (C=O) groups is 1. The summed E-state index contributed by atoms with van der Waals surface area (Å²) in [6, 6.07) is 0.436. The lowest BCUT2D eigenvalue weighted by Crippen LogP contribution is -2.40. The summed E-state index contributed by atoms with van der Waals surface area (Å²) < 4.78 is 0. The standard InChI is InChI=1S/C11H22N2O.ClH/c1-13(11(14)9-12)10-7-5-3-2-4-6-8-10;/h10H,2-9,12H2,1H3;1H. The van der Waals surface area contributed by atoms with Crippen LogP contribution in [0.15, 0.2) is 0 Å². The van der Waals surface area contributed by atoms with Gasteiger partial charge >= 0.3 is 0 Å². The van der Waals surface area contributed by atoms with Crippen molar-refractivity contribution in [3.05, 3.63) is 0 Å². The molecule has 15 heavy (non-hydrogen) atoms. The molecule has 1 fully saturated rings. The molecule has 0 aromatic heterocycles. The van der Waals surface area contributed by atoms with Gasteiger partial charge in [0.05, 0.1) is 6.54 Å². The molecule has 0 aliphatic heterocycles. The zero-order valence-electron chi connectivity index (χ0n) is 9.58. The summed E-state index contributed by atoms with van der Waals surface area (Å²) in [4.78, 5) is 13.3. The van der Waals surface area contributed by atoms with Gasteiger partial charge in [0.25, 0.3) is 0 Å². The van der Waals surface area contributed by atoms with Crippen LogP contribution >= 0.6 is 12.4 Å². The van der Waals surface area contributed by atoms with Crippen molar-refractivity contribution in [3.8, 4) is 0 Å². The lowest BCUT2D eigenvalue weighted by atomic mass is 9.96. The van der Waals surface area contributed by atoms with E-state index in [-0.39, 0.29) is 24.9 Å². The van der Waals surface area contributed by atoms with Crippen LogP contribution in [0.4, 0.5) is 0 Å². The quantitative estimate of drug-likeness (QED) is 0.794. The van der Waals surface area contributed by atoms with E-state index < -0.39 is 0 Å². The van der Waals surface area contributed by atoms with Crippen molar-refractivity contribution < 1.29 is 4.79 Å². The first kappa shape index (κ1) is 14.7. The summed E-state index contributed by atoms with van der Waals surface area (Å²) in [5.74, 6) is 0.0792. The fourth-order valence-corrected chi connectivity index (χ4v) is 2.17. The van der Waals surface area contributed by atoms with E-state index in [1.54, 1.807) is 0 Å². The summed E-state index contributed by atoms with van der Waals surface area (Å²) in [5, 5.41) is 0. The summed E-state index contributed by atoms with van der Waals surface area (Å²) in [6.45, 7) is 0.146. The molecule has 1 aliphatic carbocycles. The average molecular weight is 235 g/mol. The Morgan fingerprint density at radius 3 is 2.13 bits per heavy atom. The third-order valence-corrected chi connectivity index (χ3v) is 3.19. The van der Waals surface area contributed by atoms with Crippen LogP contribution in [-0.2, 0) is 4.79 Å². The van der Waals surface area contributed by atoms with Crippen molar-refractivity contribution in [2.45, 2.75) is 51.0 Å². The molecule has 90 valence electrons. The van der Waals surface area contributed by atoms with Crippen LogP contribution in [0.1, 0.15) is 44.9 Å². The Bertz CT molecular complexity index is 179. The molecule has 0 aromatic carbocycles. The molecule has 3 nitrogen and oxygen atoms in total. The summed E-state index contributed by atoms with van der Waals surface area (Å²) in [6.07, 6.45) is 8.83. The van der Waals surface area contributed by atoms with Crippen LogP contribution in [0.25, 0.3) is 0 Å². The molecule has 0 radical (unpaired) electrons. The number of rotatable bonds is 2. The van der Waals surface area contributed by atoms with Gasteiger partial charge in [-0.2, -0.15) is 0 Å². The largest absolute Gasteiger partial charge is 0.342 e. The van der Waals surface area contributed by atoms with Crippen LogP contribution in [0, 0.1) is 0 Å². The zero-order chi connectivity index (χ0) is 10.4. The molecular weight excluding hydrogens is 212 g/mol. The third kappa shape index (κ3) is 4.85. The molecule has 0 spiro atoms. The van der Waals surface area contributed by atoms with E-state index in [0.29, 0.717) is 6.04 Å². The molecule has 0 saturated heterocycles. The van der Waals surface area contributed by atoms with Gasteiger partial charge in [-0.05, 0) is 12.8 Å². The SMILES string of the molecule is CN(C(=O)CN)C1CCCCCCC1.Cl. The van der Waals surface area contributed by atoms with Crippen LogP contribution in [0.2, 0.25) is 0 Å². The minimum atomic E-state index is 0. The molecule has 0 heterocycles. The highest BCUT2D eigenvalue weighted by atomic mass is 35.5. The van der Waals surface area contributed by atoms with Gasteiger partial charge in [-0.1, -0.05) is 32.1 Å². The number of carbonyl (C=O) groups excluding carboxylic acids is 1. The first-order valence-corrected chi connectivity index (χ1v) is 5.71. The second-order valence-corrected chi connectivity index (χ2v) is 4.21. The van der Waals surface area contributed by atoms with Crippen molar-refractivity contribution in [1.29, 1.82) is 0 Å². The zero-order valence-corrected chi connectivity index (χ0v) is 10.4. The molecule has 1 amide bonds. The second-order valence-electron chi connectivity index (χ2n) is 4.21. The lowest BCUT2D eigenvalue weighted by Gasteiger charge is -2.29. The Morgan fingerprint density at radius 2 is 1.67 bits per heavy atom. The molecule has 1 rings (SSSR count). The van der Waals surface area contributed by atoms with E-state index in [2.05, 4.69) is 0 Å². The van der Waals surface area contributed by atoms with Crippen LogP contribution in [-0.4, -0.2) is 30.4 Å². The van der Waals surface area contributed by atoms with Crippen molar-refractivity contribution in [2.24, 2.45) is 5.73 Å². The first-order valence-electron chi connectivity index (χ1n) is 5.71. The minimum Gasteiger partial charge on any atom is -0.342 e. The summed E-state index contributed by atoms with van der Waals surface area (Å²) in [7, 11) is 1.89. The number of hydrogen-bond donors (Lipinski definition) is 1. The minimum absolute atomic E-state index is 0. The fraction of sp³-hybridized carbons (Fsp3) is 0.909. The Kier molecular flexibility index (Phi) is 7.79. The molecule has 1 aliphatic rings. The number of likely N-dealkylation sites (N-methyl/N-ethyl adjacent to an activating group) is 1. The summed E-state index contributed by atoms with van der Waals surface area (Å²) in [5.41, 5.74) is 5.36. The first-order chi connectivity index (χ1) is 6.75. The van der Waals surface area contributed by atoms with E-state index in [1.165, 1.54) is 32.1 Å². The van der Waals surface area contributed by atoms with Gasteiger partial charge in [0.2, 0.25) is 5.91 Å². The van der Waals surface area contributed by atoms with Gasteiger partial charge in [0.1, 0.15) is 0 Å². The normalized spacial score (nSPS) is 18.5. The maximum atomic E-state index is 11.4. The van der Waals surface area contributed by atoms with Gasteiger partial charge in [0, 0.05) is 13.1 Å². The van der Waals surface area contributed by atoms with Crippen LogP contribution < -0.4 is 5.73 Å². The molecule has 0 atom stereocenters. The molecular formula is C11H23ClN2O. The molecule has 2 N–H and O–H groups in total. The van der Waals surface area contributed by atoms with Crippen molar-refractivity contribution >= 4 is 18.3 Å². The topological polar surface area (TPSA) is 46.3 Å². The second kappa shape index (κ2) is 7.94. The smallest absolute Gasteiger partial charge is 0.236 e. The van der Waals surface area contributed by atoms with Crippen molar-refractivity contribution in [1.82, 2.24) is 4.90 Å². The average Bonchev–Trinajstić information content (AvgIpc) is 2.15. The van der Waals surface area contributed by atoms with E-state index in [9.17, 15) is 4.79 Å². The highest BCUT2D eigenvalue weighted by molar-refractivity contribution is 5.85. The Balaban J connectivity index is 0.00000196. The molecule has 1 saturated carbocycles. The monoisotopic (exact) mass is 234 g/mol. The number of nitrogens with zero attached hydrogens (tertiary/aromatic N) is 1. The van der Waals surface area contributed by atoms with Crippen LogP contribution in [0.5, 0.6) is 0 Å². The number of hydrogen-bond acceptors (Lipinski definition) is 2. The van der Waals surface area contributed by atoms with Crippen molar-refractivity contribution in [2.75, 3.05) is 13.6 Å². The highest BCUT2D eigenvalue weighted by Gasteiger charge is 2.19. The van der Waals surface area contributed by atoms with Gasteiger partial charge in [-0.25, -0.2) is 0 Å².